The number of benzene rings is 1. The van der Waals surface area contributed by atoms with Crippen LogP contribution < -0.4 is 5.56 Å². The van der Waals surface area contributed by atoms with E-state index in [9.17, 15) is 18.0 Å². The number of hydrogen-bond acceptors (Lipinski definition) is 4. The normalized spacial score (nSPS) is 11.8. The van der Waals surface area contributed by atoms with E-state index < -0.39 is 15.6 Å². The molecule has 0 N–H and O–H groups in total. The minimum Gasteiger partial charge on any atom is -0.334 e. The van der Waals surface area contributed by atoms with Crippen molar-refractivity contribution in [2.45, 2.75) is 37.9 Å². The quantitative estimate of drug-likeness (QED) is 0.717. The molecule has 1 heterocycles. The number of aromatic nitrogens is 1. The Bertz CT molecular complexity index is 950. The molecular weight excluding hydrogens is 366 g/mol. The molecule has 7 nitrogen and oxygen atoms in total. The maximum Gasteiger partial charge on any atom is 0.251 e. The summed E-state index contributed by atoms with van der Waals surface area (Å²) in [6, 6.07) is 11.9. The van der Waals surface area contributed by atoms with Crippen molar-refractivity contribution in [3.63, 3.8) is 0 Å². The number of sulfonamides is 1. The molecule has 0 fully saturated rings. The third-order valence-corrected chi connectivity index (χ3v) is 5.98. The second-order valence-corrected chi connectivity index (χ2v) is 8.87. The first-order chi connectivity index (χ1) is 12.6. The number of amides is 1. The summed E-state index contributed by atoms with van der Waals surface area (Å²) in [5.41, 5.74) is 0.556. The van der Waals surface area contributed by atoms with Crippen molar-refractivity contribution in [3.8, 4) is 0 Å². The van der Waals surface area contributed by atoms with Gasteiger partial charge in [0, 0.05) is 38.9 Å². The molecule has 2 aromatic rings. The van der Waals surface area contributed by atoms with Gasteiger partial charge < -0.3 is 9.47 Å². The fourth-order valence-electron chi connectivity index (χ4n) is 2.57. The van der Waals surface area contributed by atoms with Crippen LogP contribution in [0.3, 0.4) is 0 Å². The zero-order valence-corrected chi connectivity index (χ0v) is 16.8. The first-order valence-electron chi connectivity index (χ1n) is 8.59. The lowest BCUT2D eigenvalue weighted by atomic mass is 10.2. The predicted molar refractivity (Wildman–Crippen MR) is 104 cm³/mol. The summed E-state index contributed by atoms with van der Waals surface area (Å²) in [4.78, 5) is 26.6. The first-order valence-corrected chi connectivity index (χ1v) is 10.0. The van der Waals surface area contributed by atoms with Crippen LogP contribution in [0.15, 0.2) is 58.4 Å². The van der Waals surface area contributed by atoms with Crippen LogP contribution in [0.2, 0.25) is 0 Å². The van der Waals surface area contributed by atoms with Gasteiger partial charge in [-0.3, -0.25) is 9.59 Å². The van der Waals surface area contributed by atoms with Crippen molar-refractivity contribution in [2.75, 3.05) is 14.1 Å². The van der Waals surface area contributed by atoms with Crippen LogP contribution in [0.25, 0.3) is 0 Å². The van der Waals surface area contributed by atoms with E-state index >= 15 is 0 Å². The molecule has 0 aliphatic rings. The molecule has 0 aliphatic carbocycles. The topological polar surface area (TPSA) is 79.7 Å². The van der Waals surface area contributed by atoms with Crippen LogP contribution in [-0.2, 0) is 27.9 Å². The molecule has 8 heteroatoms. The summed E-state index contributed by atoms with van der Waals surface area (Å²) in [6.45, 7) is 4.00. The standard InChI is InChI=1S/C19H25N3O4S/c1-15(2)22(12-16-8-6-5-7-9-16)19(24)14-21-13-17(10-11-18(21)23)27(25,26)20(3)4/h5-11,13,15H,12,14H2,1-4H3. The first kappa shape index (κ1) is 20.9. The van der Waals surface area contributed by atoms with Crippen LogP contribution in [0.5, 0.6) is 0 Å². The van der Waals surface area contributed by atoms with Gasteiger partial charge in [-0.2, -0.15) is 0 Å². The summed E-state index contributed by atoms with van der Waals surface area (Å²) in [7, 11) is -0.862. The van der Waals surface area contributed by atoms with Gasteiger partial charge in [-0.1, -0.05) is 30.3 Å². The molecule has 0 spiro atoms. The number of nitrogens with zero attached hydrogens (tertiary/aromatic N) is 3. The van der Waals surface area contributed by atoms with Crippen molar-refractivity contribution in [3.05, 3.63) is 64.6 Å². The Morgan fingerprint density at radius 3 is 2.26 bits per heavy atom. The molecule has 1 aromatic carbocycles. The predicted octanol–water partition coefficient (Wildman–Crippen LogP) is 1.54. The van der Waals surface area contributed by atoms with E-state index in [1.807, 2.05) is 44.2 Å². The Morgan fingerprint density at radius 1 is 1.07 bits per heavy atom. The largest absolute Gasteiger partial charge is 0.334 e. The monoisotopic (exact) mass is 391 g/mol. The van der Waals surface area contributed by atoms with Gasteiger partial charge in [0.05, 0.1) is 4.90 Å². The molecule has 0 atom stereocenters. The lowest BCUT2D eigenvalue weighted by Crippen LogP contribution is -2.40. The van der Waals surface area contributed by atoms with Crippen molar-refractivity contribution >= 4 is 15.9 Å². The molecule has 0 radical (unpaired) electrons. The Hall–Kier alpha value is -2.45. The zero-order chi connectivity index (χ0) is 20.2. The third kappa shape index (κ3) is 5.05. The fraction of sp³-hybridized carbons (Fsp3) is 0.368. The summed E-state index contributed by atoms with van der Waals surface area (Å²) in [5, 5.41) is 0. The fourth-order valence-corrected chi connectivity index (χ4v) is 3.49. The molecule has 1 aromatic heterocycles. The van der Waals surface area contributed by atoms with E-state index in [1.54, 1.807) is 4.90 Å². The van der Waals surface area contributed by atoms with E-state index in [1.165, 1.54) is 32.4 Å². The highest BCUT2D eigenvalue weighted by atomic mass is 32.2. The van der Waals surface area contributed by atoms with E-state index in [0.717, 1.165) is 14.4 Å². The number of carbonyl (C=O) groups excluding carboxylic acids is 1. The number of rotatable bonds is 7. The average molecular weight is 391 g/mol. The maximum absolute atomic E-state index is 12.8. The van der Waals surface area contributed by atoms with Crippen molar-refractivity contribution < 1.29 is 13.2 Å². The highest BCUT2D eigenvalue weighted by molar-refractivity contribution is 7.89. The van der Waals surface area contributed by atoms with Gasteiger partial charge in [0.15, 0.2) is 0 Å². The molecular formula is C19H25N3O4S. The molecule has 146 valence electrons. The van der Waals surface area contributed by atoms with E-state index in [-0.39, 0.29) is 23.4 Å². The Labute approximate surface area is 159 Å². The van der Waals surface area contributed by atoms with Gasteiger partial charge in [-0.25, -0.2) is 12.7 Å². The van der Waals surface area contributed by atoms with Crippen molar-refractivity contribution in [2.24, 2.45) is 0 Å². The molecule has 27 heavy (non-hydrogen) atoms. The van der Waals surface area contributed by atoms with E-state index in [2.05, 4.69) is 0 Å². The Kier molecular flexibility index (Phi) is 6.56. The number of pyridine rings is 1. The molecule has 1 amide bonds. The molecule has 0 saturated heterocycles. The lowest BCUT2D eigenvalue weighted by molar-refractivity contribution is -0.134. The van der Waals surface area contributed by atoms with Gasteiger partial charge in [0.2, 0.25) is 15.9 Å². The van der Waals surface area contributed by atoms with Gasteiger partial charge >= 0.3 is 0 Å². The number of hydrogen-bond donors (Lipinski definition) is 0. The average Bonchev–Trinajstić information content (AvgIpc) is 2.61. The zero-order valence-electron chi connectivity index (χ0n) is 16.0. The van der Waals surface area contributed by atoms with Crippen LogP contribution in [-0.4, -0.2) is 48.2 Å². The highest BCUT2D eigenvalue weighted by Crippen LogP contribution is 2.12. The molecule has 0 bridgehead atoms. The van der Waals surface area contributed by atoms with Crippen molar-refractivity contribution in [1.29, 1.82) is 0 Å². The summed E-state index contributed by atoms with van der Waals surface area (Å²) in [5.74, 6) is -0.254. The smallest absolute Gasteiger partial charge is 0.251 e. The van der Waals surface area contributed by atoms with Crippen LogP contribution in [0, 0.1) is 0 Å². The van der Waals surface area contributed by atoms with Gasteiger partial charge in [0.1, 0.15) is 6.54 Å². The van der Waals surface area contributed by atoms with Crippen LogP contribution >= 0.6 is 0 Å². The second kappa shape index (κ2) is 8.49. The maximum atomic E-state index is 12.8. The summed E-state index contributed by atoms with van der Waals surface area (Å²) >= 11 is 0. The van der Waals surface area contributed by atoms with Gasteiger partial charge in [-0.15, -0.1) is 0 Å². The van der Waals surface area contributed by atoms with Gasteiger partial charge in [0.25, 0.3) is 5.56 Å². The molecule has 0 saturated carbocycles. The third-order valence-electron chi connectivity index (χ3n) is 4.18. The van der Waals surface area contributed by atoms with Crippen LogP contribution in [0.4, 0.5) is 0 Å². The minimum absolute atomic E-state index is 0.0287. The second-order valence-electron chi connectivity index (χ2n) is 6.72. The van der Waals surface area contributed by atoms with Gasteiger partial charge in [-0.05, 0) is 25.5 Å². The SMILES string of the molecule is CC(C)N(Cc1ccccc1)C(=O)Cn1cc(S(=O)(=O)N(C)C)ccc1=O. The van der Waals surface area contributed by atoms with Crippen molar-refractivity contribution in [1.82, 2.24) is 13.8 Å². The Morgan fingerprint density at radius 2 is 1.70 bits per heavy atom. The molecule has 0 aliphatic heterocycles. The summed E-state index contributed by atoms with van der Waals surface area (Å²) in [6.07, 6.45) is 1.22. The minimum atomic E-state index is -3.69. The highest BCUT2D eigenvalue weighted by Gasteiger charge is 2.21. The van der Waals surface area contributed by atoms with E-state index in [0.29, 0.717) is 6.54 Å². The van der Waals surface area contributed by atoms with Crippen LogP contribution in [0.1, 0.15) is 19.4 Å². The molecule has 2 rings (SSSR count). The molecule has 0 unspecified atom stereocenters. The van der Waals surface area contributed by atoms with E-state index in [4.69, 9.17) is 0 Å². The Balaban J connectivity index is 2.28. The summed E-state index contributed by atoms with van der Waals surface area (Å²) < 4.78 is 26.8. The number of carbonyl (C=O) groups is 1. The lowest BCUT2D eigenvalue weighted by Gasteiger charge is -2.27.